The van der Waals surface area contributed by atoms with Crippen molar-refractivity contribution in [1.29, 1.82) is 0 Å². The number of amides is 1. The number of aromatic amines is 1. The highest BCUT2D eigenvalue weighted by Crippen LogP contribution is 2.59. The number of hydrogen-bond donors (Lipinski definition) is 2. The van der Waals surface area contributed by atoms with E-state index in [1.54, 1.807) is 0 Å². The number of fused-ring (bicyclic) bond motifs is 4. The number of likely N-dealkylation sites (tertiary alicyclic amines) is 1. The van der Waals surface area contributed by atoms with E-state index >= 15 is 0 Å². The standard InChI is InChI=1S/C23H30IN3O/c1-2-22(12-13-24)15-20(28)27(16-7-3-4-8-16)23(22)21-18(11-14-25-23)17-9-5-6-10-19(17)26-21/h5-6,9-10,16,25-26H,2-4,7-8,11-15H2,1H3. The number of carbonyl (C=O) groups is 1. The van der Waals surface area contributed by atoms with Crippen LogP contribution in [0.25, 0.3) is 10.9 Å². The van der Waals surface area contributed by atoms with Crippen LogP contribution in [0.4, 0.5) is 0 Å². The number of rotatable bonds is 4. The number of benzene rings is 1. The van der Waals surface area contributed by atoms with Crippen LogP contribution in [0.3, 0.4) is 0 Å². The summed E-state index contributed by atoms with van der Waals surface area (Å²) in [5, 5.41) is 5.30. The highest BCUT2D eigenvalue weighted by Gasteiger charge is 2.65. The zero-order valence-electron chi connectivity index (χ0n) is 16.7. The number of halogens is 1. The first-order chi connectivity index (χ1) is 13.7. The molecule has 1 aromatic heterocycles. The van der Waals surface area contributed by atoms with Crippen LogP contribution in [0, 0.1) is 5.41 Å². The number of alkyl halides is 1. The lowest BCUT2D eigenvalue weighted by Crippen LogP contribution is -2.65. The van der Waals surface area contributed by atoms with Gasteiger partial charge in [-0.3, -0.25) is 10.1 Å². The van der Waals surface area contributed by atoms with Gasteiger partial charge in [-0.1, -0.05) is 60.6 Å². The summed E-state index contributed by atoms with van der Waals surface area (Å²) < 4.78 is 1.08. The summed E-state index contributed by atoms with van der Waals surface area (Å²) in [4.78, 5) is 19.7. The molecule has 0 bridgehead atoms. The third kappa shape index (κ3) is 2.41. The molecular weight excluding hydrogens is 461 g/mol. The number of para-hydroxylation sites is 1. The van der Waals surface area contributed by atoms with Crippen molar-refractivity contribution in [3.63, 3.8) is 0 Å². The van der Waals surface area contributed by atoms with E-state index in [0.717, 1.165) is 43.1 Å². The van der Waals surface area contributed by atoms with Crippen LogP contribution in [0.1, 0.15) is 63.1 Å². The predicted molar refractivity (Wildman–Crippen MR) is 122 cm³/mol. The fourth-order valence-corrected chi connectivity index (χ4v) is 7.51. The Hall–Kier alpha value is -1.08. The van der Waals surface area contributed by atoms with Crippen LogP contribution >= 0.6 is 22.6 Å². The van der Waals surface area contributed by atoms with E-state index in [-0.39, 0.29) is 11.1 Å². The van der Waals surface area contributed by atoms with Crippen molar-refractivity contribution < 1.29 is 4.79 Å². The van der Waals surface area contributed by atoms with Gasteiger partial charge in [0.15, 0.2) is 0 Å². The molecule has 2 atom stereocenters. The maximum Gasteiger partial charge on any atom is 0.225 e. The molecule has 2 aromatic rings. The molecule has 3 heterocycles. The normalized spacial score (nSPS) is 30.6. The SMILES string of the molecule is CCC1(CCI)CC(=O)N(C2CCCC2)C12NCCc1c2[nH]c2ccccc12. The first-order valence-corrected chi connectivity index (χ1v) is 12.4. The molecule has 3 aliphatic rings. The second kappa shape index (κ2) is 7.01. The fraction of sp³-hybridized carbons (Fsp3) is 0.609. The average molecular weight is 491 g/mol. The van der Waals surface area contributed by atoms with Gasteiger partial charge in [-0.15, -0.1) is 0 Å². The third-order valence-corrected chi connectivity index (χ3v) is 8.30. The summed E-state index contributed by atoms with van der Waals surface area (Å²) >= 11 is 2.50. The van der Waals surface area contributed by atoms with Crippen molar-refractivity contribution in [3.05, 3.63) is 35.5 Å². The van der Waals surface area contributed by atoms with Gasteiger partial charge in [0, 0.05) is 39.8 Å². The molecule has 1 aliphatic carbocycles. The Morgan fingerprint density at radius 2 is 2.04 bits per heavy atom. The number of nitrogens with one attached hydrogen (secondary N) is 2. The minimum Gasteiger partial charge on any atom is -0.355 e. The summed E-state index contributed by atoms with van der Waals surface area (Å²) in [6.07, 6.45) is 8.57. The van der Waals surface area contributed by atoms with Crippen molar-refractivity contribution in [3.8, 4) is 0 Å². The summed E-state index contributed by atoms with van der Waals surface area (Å²) in [5.41, 5.74) is 3.48. The van der Waals surface area contributed by atoms with Crippen molar-refractivity contribution >= 4 is 39.4 Å². The van der Waals surface area contributed by atoms with Gasteiger partial charge in [-0.2, -0.15) is 0 Å². The molecular formula is C23H30IN3O. The van der Waals surface area contributed by atoms with Crippen molar-refractivity contribution in [2.24, 2.45) is 5.41 Å². The lowest BCUT2D eigenvalue weighted by atomic mass is 9.67. The maximum atomic E-state index is 13.6. The van der Waals surface area contributed by atoms with Crippen LogP contribution in [0.15, 0.2) is 24.3 Å². The van der Waals surface area contributed by atoms with Gasteiger partial charge in [0.1, 0.15) is 5.66 Å². The molecule has 1 saturated carbocycles. The highest BCUT2D eigenvalue weighted by molar-refractivity contribution is 14.1. The molecule has 2 fully saturated rings. The monoisotopic (exact) mass is 491 g/mol. The van der Waals surface area contributed by atoms with Gasteiger partial charge >= 0.3 is 0 Å². The molecule has 2 aliphatic heterocycles. The van der Waals surface area contributed by atoms with Crippen LogP contribution in [0.2, 0.25) is 0 Å². The van der Waals surface area contributed by atoms with Crippen molar-refractivity contribution in [2.75, 3.05) is 11.0 Å². The smallest absolute Gasteiger partial charge is 0.225 e. The van der Waals surface area contributed by atoms with E-state index in [1.807, 2.05) is 0 Å². The Kier molecular flexibility index (Phi) is 4.74. The van der Waals surface area contributed by atoms with E-state index in [2.05, 4.69) is 69.0 Å². The van der Waals surface area contributed by atoms with Crippen LogP contribution in [0.5, 0.6) is 0 Å². The van der Waals surface area contributed by atoms with E-state index in [0.29, 0.717) is 18.4 Å². The number of hydrogen-bond acceptors (Lipinski definition) is 2. The highest BCUT2D eigenvalue weighted by atomic mass is 127. The molecule has 1 saturated heterocycles. The average Bonchev–Trinajstić information content (AvgIpc) is 3.40. The molecule has 5 rings (SSSR count). The first kappa shape index (κ1) is 18.9. The van der Waals surface area contributed by atoms with Gasteiger partial charge < -0.3 is 9.88 Å². The zero-order valence-corrected chi connectivity index (χ0v) is 18.8. The molecule has 2 N–H and O–H groups in total. The summed E-state index contributed by atoms with van der Waals surface area (Å²) in [7, 11) is 0. The molecule has 28 heavy (non-hydrogen) atoms. The lowest BCUT2D eigenvalue weighted by Gasteiger charge is -2.53. The maximum absolute atomic E-state index is 13.6. The topological polar surface area (TPSA) is 48.1 Å². The largest absolute Gasteiger partial charge is 0.355 e. The van der Waals surface area contributed by atoms with Crippen LogP contribution in [-0.4, -0.2) is 32.8 Å². The molecule has 1 aromatic carbocycles. The molecule has 0 radical (unpaired) electrons. The molecule has 150 valence electrons. The molecule has 1 spiro atoms. The van der Waals surface area contributed by atoms with Crippen molar-refractivity contribution in [2.45, 2.75) is 70.0 Å². The fourth-order valence-electron chi connectivity index (χ4n) is 6.48. The van der Waals surface area contributed by atoms with Crippen LogP contribution in [-0.2, 0) is 16.9 Å². The number of H-pyrrole nitrogens is 1. The van der Waals surface area contributed by atoms with E-state index in [1.165, 1.54) is 35.0 Å². The van der Waals surface area contributed by atoms with Gasteiger partial charge in [-0.25, -0.2) is 0 Å². The minimum atomic E-state index is -0.383. The molecule has 4 nitrogen and oxygen atoms in total. The number of nitrogens with zero attached hydrogens (tertiary/aromatic N) is 1. The van der Waals surface area contributed by atoms with Gasteiger partial charge in [0.05, 0.1) is 5.69 Å². The van der Waals surface area contributed by atoms with Gasteiger partial charge in [0.2, 0.25) is 5.91 Å². The Morgan fingerprint density at radius 3 is 2.79 bits per heavy atom. The van der Waals surface area contributed by atoms with E-state index in [9.17, 15) is 4.79 Å². The van der Waals surface area contributed by atoms with Crippen molar-refractivity contribution in [1.82, 2.24) is 15.2 Å². The lowest BCUT2D eigenvalue weighted by molar-refractivity contribution is -0.137. The summed E-state index contributed by atoms with van der Waals surface area (Å²) in [5.74, 6) is 0.359. The number of carbonyl (C=O) groups excluding carboxylic acids is 1. The Bertz CT molecular complexity index is 902. The Balaban J connectivity index is 1.78. The molecule has 5 heteroatoms. The molecule has 2 unspecified atom stereocenters. The second-order valence-electron chi connectivity index (χ2n) is 8.86. The second-order valence-corrected chi connectivity index (χ2v) is 9.94. The quantitative estimate of drug-likeness (QED) is 0.474. The minimum absolute atomic E-state index is 0.0517. The van der Waals surface area contributed by atoms with E-state index in [4.69, 9.17) is 0 Å². The van der Waals surface area contributed by atoms with Gasteiger partial charge in [0.25, 0.3) is 0 Å². The Morgan fingerprint density at radius 1 is 1.25 bits per heavy atom. The zero-order chi connectivity index (χ0) is 19.4. The first-order valence-electron chi connectivity index (χ1n) is 10.9. The predicted octanol–water partition coefficient (Wildman–Crippen LogP) is 4.86. The molecule has 1 amide bonds. The van der Waals surface area contributed by atoms with Gasteiger partial charge in [-0.05, 0) is 43.7 Å². The summed E-state index contributed by atoms with van der Waals surface area (Å²) in [6, 6.07) is 9.05. The summed E-state index contributed by atoms with van der Waals surface area (Å²) in [6.45, 7) is 3.23. The third-order valence-electron chi connectivity index (χ3n) is 7.76. The Labute approximate surface area is 181 Å². The number of aromatic nitrogens is 1. The van der Waals surface area contributed by atoms with Crippen LogP contribution < -0.4 is 5.32 Å². The van der Waals surface area contributed by atoms with E-state index < -0.39 is 0 Å².